The lowest BCUT2D eigenvalue weighted by Gasteiger charge is -2.14. The van der Waals surface area contributed by atoms with Gasteiger partial charge in [0.1, 0.15) is 0 Å². The molecule has 3 heteroatoms. The van der Waals surface area contributed by atoms with Crippen LogP contribution in [0.15, 0.2) is 48.5 Å². The van der Waals surface area contributed by atoms with Crippen LogP contribution in [0.1, 0.15) is 31.7 Å². The van der Waals surface area contributed by atoms with Crippen LogP contribution in [0.2, 0.25) is 0 Å². The van der Waals surface area contributed by atoms with Gasteiger partial charge in [0, 0.05) is 0 Å². The Hall–Kier alpha value is -1.58. The van der Waals surface area contributed by atoms with Crippen molar-refractivity contribution >= 4 is 12.6 Å². The maximum absolute atomic E-state index is 9.76. The van der Waals surface area contributed by atoms with Gasteiger partial charge in [-0.05, 0) is 35.0 Å². The lowest BCUT2D eigenvalue weighted by molar-refractivity contribution is 0.425. The molecule has 2 aromatic rings. The molecule has 0 bridgehead atoms. The van der Waals surface area contributed by atoms with Crippen molar-refractivity contribution in [1.82, 2.24) is 0 Å². The minimum absolute atomic E-state index is 0.648. The normalized spacial score (nSPS) is 10.6. The van der Waals surface area contributed by atoms with Crippen molar-refractivity contribution in [2.75, 3.05) is 0 Å². The zero-order valence-electron chi connectivity index (χ0n) is 11.9. The highest BCUT2D eigenvalue weighted by atomic mass is 16.4. The number of benzene rings is 2. The lowest BCUT2D eigenvalue weighted by atomic mass is 9.71. The number of rotatable bonds is 6. The highest BCUT2D eigenvalue weighted by Gasteiger charge is 2.20. The highest BCUT2D eigenvalue weighted by Crippen LogP contribution is 2.19. The summed E-state index contributed by atoms with van der Waals surface area (Å²) in [6.45, 7) is 2.17. The first-order chi connectivity index (χ1) is 9.74. The molecule has 104 valence electrons. The number of hydrogen-bond acceptors (Lipinski definition) is 2. The molecule has 2 nitrogen and oxygen atoms in total. The molecule has 0 unspecified atom stereocenters. The van der Waals surface area contributed by atoms with E-state index in [0.717, 1.165) is 42.4 Å². The Balaban J connectivity index is 2.39. The molecule has 0 atom stereocenters. The van der Waals surface area contributed by atoms with Crippen molar-refractivity contribution < 1.29 is 10.0 Å². The molecule has 0 saturated heterocycles. The summed E-state index contributed by atoms with van der Waals surface area (Å²) in [5.41, 5.74) is 3.62. The van der Waals surface area contributed by atoms with E-state index in [1.165, 1.54) is 0 Å². The van der Waals surface area contributed by atoms with Crippen LogP contribution in [0.5, 0.6) is 0 Å². The van der Waals surface area contributed by atoms with Crippen LogP contribution in [-0.2, 0) is 6.42 Å². The fourth-order valence-electron chi connectivity index (χ4n) is 2.57. The van der Waals surface area contributed by atoms with Gasteiger partial charge in [-0.1, -0.05) is 68.3 Å². The fourth-order valence-corrected chi connectivity index (χ4v) is 2.57. The van der Waals surface area contributed by atoms with Gasteiger partial charge in [0.25, 0.3) is 0 Å². The van der Waals surface area contributed by atoms with Crippen LogP contribution < -0.4 is 5.46 Å². The van der Waals surface area contributed by atoms with E-state index in [-0.39, 0.29) is 0 Å². The minimum Gasteiger partial charge on any atom is -0.423 e. The maximum atomic E-state index is 9.76. The fraction of sp³-hybridized carbons (Fsp3) is 0.294. The average Bonchev–Trinajstić information content (AvgIpc) is 2.48. The maximum Gasteiger partial charge on any atom is 0.489 e. The van der Waals surface area contributed by atoms with E-state index >= 15 is 0 Å². The summed E-state index contributed by atoms with van der Waals surface area (Å²) in [5.74, 6) is 0. The third-order valence-electron chi connectivity index (χ3n) is 3.59. The van der Waals surface area contributed by atoms with Crippen LogP contribution in [0, 0.1) is 0 Å². The van der Waals surface area contributed by atoms with Gasteiger partial charge < -0.3 is 10.0 Å². The smallest absolute Gasteiger partial charge is 0.423 e. The first-order valence-electron chi connectivity index (χ1n) is 7.27. The second-order valence-electron chi connectivity index (χ2n) is 5.08. The van der Waals surface area contributed by atoms with Crippen molar-refractivity contribution in [3.8, 4) is 11.1 Å². The summed E-state index contributed by atoms with van der Waals surface area (Å²) in [6.07, 6.45) is 4.29. The molecular weight excluding hydrogens is 247 g/mol. The van der Waals surface area contributed by atoms with Crippen LogP contribution in [-0.4, -0.2) is 17.2 Å². The molecule has 0 aliphatic heterocycles. The second-order valence-corrected chi connectivity index (χ2v) is 5.08. The Labute approximate surface area is 121 Å². The van der Waals surface area contributed by atoms with Crippen molar-refractivity contribution in [3.05, 3.63) is 54.1 Å². The SMILES string of the molecule is CCCCCc1cccc(-c2ccccc2)c1B(O)O. The van der Waals surface area contributed by atoms with Crippen molar-refractivity contribution in [2.45, 2.75) is 32.6 Å². The van der Waals surface area contributed by atoms with E-state index in [9.17, 15) is 10.0 Å². The minimum atomic E-state index is -1.43. The Morgan fingerprint density at radius 3 is 2.30 bits per heavy atom. The van der Waals surface area contributed by atoms with E-state index < -0.39 is 7.12 Å². The van der Waals surface area contributed by atoms with Crippen LogP contribution in [0.3, 0.4) is 0 Å². The molecule has 0 saturated carbocycles. The number of aryl methyl sites for hydroxylation is 1. The first kappa shape index (κ1) is 14.8. The Morgan fingerprint density at radius 1 is 0.900 bits per heavy atom. The van der Waals surface area contributed by atoms with E-state index in [1.54, 1.807) is 0 Å². The molecule has 0 aromatic heterocycles. The van der Waals surface area contributed by atoms with Gasteiger partial charge in [-0.15, -0.1) is 0 Å². The number of hydrogen-bond donors (Lipinski definition) is 2. The van der Waals surface area contributed by atoms with Crippen LogP contribution in [0.4, 0.5) is 0 Å². The Kier molecular flexibility index (Phi) is 5.39. The third-order valence-corrected chi connectivity index (χ3v) is 3.59. The van der Waals surface area contributed by atoms with Crippen LogP contribution >= 0.6 is 0 Å². The standard InChI is InChI=1S/C17H21BO2/c1-2-3-5-11-15-12-8-13-16(17(15)18(19)20)14-9-6-4-7-10-14/h4,6-10,12-13,19-20H,2-3,5,11H2,1H3. The molecular formula is C17H21BO2. The third kappa shape index (κ3) is 3.50. The average molecular weight is 268 g/mol. The van der Waals surface area contributed by atoms with Gasteiger partial charge in [-0.2, -0.15) is 0 Å². The molecule has 2 aromatic carbocycles. The summed E-state index contributed by atoms with van der Waals surface area (Å²) in [5, 5.41) is 19.5. The number of unbranched alkanes of at least 4 members (excludes halogenated alkanes) is 2. The van der Waals surface area contributed by atoms with Crippen molar-refractivity contribution in [2.24, 2.45) is 0 Å². The molecule has 0 radical (unpaired) electrons. The lowest BCUT2D eigenvalue weighted by Crippen LogP contribution is -2.34. The van der Waals surface area contributed by atoms with Gasteiger partial charge in [0.05, 0.1) is 0 Å². The van der Waals surface area contributed by atoms with Gasteiger partial charge in [0.2, 0.25) is 0 Å². The molecule has 0 aliphatic carbocycles. The highest BCUT2D eigenvalue weighted by molar-refractivity contribution is 6.61. The Morgan fingerprint density at radius 2 is 1.65 bits per heavy atom. The summed E-state index contributed by atoms with van der Waals surface area (Å²) in [6, 6.07) is 15.8. The predicted molar refractivity (Wildman–Crippen MR) is 84.9 cm³/mol. The molecule has 0 aliphatic rings. The zero-order chi connectivity index (χ0) is 14.4. The van der Waals surface area contributed by atoms with E-state index in [0.29, 0.717) is 5.46 Å². The Bertz CT molecular complexity index is 538. The topological polar surface area (TPSA) is 40.5 Å². The van der Waals surface area contributed by atoms with Gasteiger partial charge >= 0.3 is 7.12 Å². The quantitative estimate of drug-likeness (QED) is 0.624. The second kappa shape index (κ2) is 7.27. The van der Waals surface area contributed by atoms with Gasteiger partial charge in [-0.3, -0.25) is 0 Å². The summed E-state index contributed by atoms with van der Waals surface area (Å²) in [4.78, 5) is 0. The summed E-state index contributed by atoms with van der Waals surface area (Å²) in [7, 11) is -1.43. The van der Waals surface area contributed by atoms with E-state index in [4.69, 9.17) is 0 Å². The van der Waals surface area contributed by atoms with Crippen LogP contribution in [0.25, 0.3) is 11.1 Å². The van der Waals surface area contributed by atoms with E-state index in [1.807, 2.05) is 48.5 Å². The summed E-state index contributed by atoms with van der Waals surface area (Å²) >= 11 is 0. The zero-order valence-corrected chi connectivity index (χ0v) is 11.9. The van der Waals surface area contributed by atoms with Gasteiger partial charge in [0.15, 0.2) is 0 Å². The molecule has 0 spiro atoms. The largest absolute Gasteiger partial charge is 0.489 e. The van der Waals surface area contributed by atoms with E-state index in [2.05, 4.69) is 6.92 Å². The van der Waals surface area contributed by atoms with Crippen molar-refractivity contribution in [3.63, 3.8) is 0 Å². The van der Waals surface area contributed by atoms with Crippen molar-refractivity contribution in [1.29, 1.82) is 0 Å². The molecule has 2 rings (SSSR count). The predicted octanol–water partition coefficient (Wildman–Crippen LogP) is 2.77. The van der Waals surface area contributed by atoms with Gasteiger partial charge in [-0.25, -0.2) is 0 Å². The summed E-state index contributed by atoms with van der Waals surface area (Å²) < 4.78 is 0. The molecule has 20 heavy (non-hydrogen) atoms. The molecule has 0 amide bonds. The molecule has 0 heterocycles. The molecule has 0 fully saturated rings. The monoisotopic (exact) mass is 268 g/mol. The first-order valence-corrected chi connectivity index (χ1v) is 7.27. The molecule has 2 N–H and O–H groups in total.